The zero-order valence-electron chi connectivity index (χ0n) is 13.4. The minimum absolute atomic E-state index is 0.00114. The highest BCUT2D eigenvalue weighted by Crippen LogP contribution is 2.30. The van der Waals surface area contributed by atoms with Gasteiger partial charge in [-0.25, -0.2) is 4.79 Å². The van der Waals surface area contributed by atoms with E-state index in [1.807, 2.05) is 0 Å². The Bertz CT molecular complexity index is 956. The van der Waals surface area contributed by atoms with Crippen LogP contribution in [0.25, 0.3) is 10.8 Å². The van der Waals surface area contributed by atoms with E-state index in [9.17, 15) is 23.2 Å². The van der Waals surface area contributed by atoms with Gasteiger partial charge in [-0.1, -0.05) is 18.2 Å². The molecule has 3 aromatic rings. The smallest absolute Gasteiger partial charge is 0.416 e. The van der Waals surface area contributed by atoms with E-state index in [1.54, 1.807) is 24.3 Å². The van der Waals surface area contributed by atoms with E-state index in [1.165, 1.54) is 29.4 Å². The van der Waals surface area contributed by atoms with Crippen LogP contribution in [0, 0.1) is 5.21 Å². The van der Waals surface area contributed by atoms with Crippen LogP contribution in [0.1, 0.15) is 11.1 Å². The third-order valence-electron chi connectivity index (χ3n) is 3.95. The summed E-state index contributed by atoms with van der Waals surface area (Å²) in [6, 6.07) is 10.4. The maximum atomic E-state index is 12.7. The van der Waals surface area contributed by atoms with Crippen molar-refractivity contribution in [3.8, 4) is 0 Å². The molecule has 1 aromatic heterocycles. The first kappa shape index (κ1) is 17.5. The first-order chi connectivity index (χ1) is 12.3. The molecular formula is C18H14F3N3O2. The lowest BCUT2D eigenvalue weighted by Gasteiger charge is -2.22. The molecule has 3 rings (SSSR count). The van der Waals surface area contributed by atoms with Gasteiger partial charge in [-0.05, 0) is 29.8 Å². The lowest BCUT2D eigenvalue weighted by atomic mass is 10.1. The van der Waals surface area contributed by atoms with Crippen molar-refractivity contribution < 1.29 is 22.7 Å². The van der Waals surface area contributed by atoms with E-state index in [-0.39, 0.29) is 6.54 Å². The quantitative estimate of drug-likeness (QED) is 0.572. The first-order valence-corrected chi connectivity index (χ1v) is 7.60. The zero-order chi connectivity index (χ0) is 18.9. The molecule has 0 aliphatic heterocycles. The van der Waals surface area contributed by atoms with Crippen LogP contribution in [-0.4, -0.2) is 6.03 Å². The second-order valence-corrected chi connectivity index (χ2v) is 5.70. The Morgan fingerprint density at radius 3 is 2.42 bits per heavy atom. The summed E-state index contributed by atoms with van der Waals surface area (Å²) in [6.07, 6.45) is -1.77. The van der Waals surface area contributed by atoms with Crippen LogP contribution in [0.2, 0.25) is 0 Å². The molecule has 2 N–H and O–H groups in total. The summed E-state index contributed by atoms with van der Waals surface area (Å²) in [6.45, 7) is -0.00114. The van der Waals surface area contributed by atoms with Crippen LogP contribution in [0.15, 0.2) is 60.9 Å². The fraction of sp³-hybridized carbons (Fsp3) is 0.111. The van der Waals surface area contributed by atoms with Crippen LogP contribution in [-0.2, 0) is 12.7 Å². The summed E-state index contributed by atoms with van der Waals surface area (Å²) in [5.41, 5.74) is 5.67. The molecule has 1 heterocycles. The number of nitrogens with two attached hydrogens (primary N) is 1. The van der Waals surface area contributed by atoms with E-state index in [4.69, 9.17) is 5.73 Å². The van der Waals surface area contributed by atoms with Crippen molar-refractivity contribution in [3.63, 3.8) is 0 Å². The number of halogens is 3. The number of hydrogen-bond acceptors (Lipinski definition) is 2. The number of carbonyl (C=O) groups excluding carboxylic acids is 1. The third kappa shape index (κ3) is 3.53. The van der Waals surface area contributed by atoms with Crippen LogP contribution in [0.5, 0.6) is 0 Å². The van der Waals surface area contributed by atoms with Gasteiger partial charge in [-0.3, -0.25) is 4.90 Å². The number of amides is 2. The molecule has 8 heteroatoms. The Balaban J connectivity index is 1.97. The second kappa shape index (κ2) is 6.55. The number of fused-ring (bicyclic) bond motifs is 1. The van der Waals surface area contributed by atoms with Gasteiger partial charge in [0.2, 0.25) is 0 Å². The average Bonchev–Trinajstić information content (AvgIpc) is 2.58. The molecule has 0 unspecified atom stereocenters. The number of hydrogen-bond donors (Lipinski definition) is 1. The fourth-order valence-corrected chi connectivity index (χ4v) is 2.69. The number of pyridine rings is 1. The van der Waals surface area contributed by atoms with Gasteiger partial charge >= 0.3 is 12.2 Å². The topological polar surface area (TPSA) is 73.3 Å². The van der Waals surface area contributed by atoms with Gasteiger partial charge in [0.1, 0.15) is 0 Å². The molecular weight excluding hydrogens is 347 g/mol. The largest absolute Gasteiger partial charge is 0.619 e. The molecule has 0 bridgehead atoms. The van der Waals surface area contributed by atoms with E-state index in [0.29, 0.717) is 26.8 Å². The maximum absolute atomic E-state index is 12.7. The van der Waals surface area contributed by atoms with Crippen LogP contribution >= 0.6 is 0 Å². The molecule has 0 saturated heterocycles. The molecule has 134 valence electrons. The third-order valence-corrected chi connectivity index (χ3v) is 3.95. The van der Waals surface area contributed by atoms with E-state index in [0.717, 1.165) is 12.1 Å². The number of alkyl halides is 3. The molecule has 0 fully saturated rings. The summed E-state index contributed by atoms with van der Waals surface area (Å²) in [4.78, 5) is 13.2. The molecule has 2 aromatic carbocycles. The summed E-state index contributed by atoms with van der Waals surface area (Å²) in [5, 5.41) is 12.7. The number of primary amides is 1. The van der Waals surface area contributed by atoms with Gasteiger partial charge < -0.3 is 10.9 Å². The number of rotatable bonds is 3. The van der Waals surface area contributed by atoms with E-state index < -0.39 is 17.8 Å². The Labute approximate surface area is 146 Å². The predicted molar refractivity (Wildman–Crippen MR) is 90.1 cm³/mol. The first-order valence-electron chi connectivity index (χ1n) is 7.60. The molecule has 0 saturated carbocycles. The van der Waals surface area contributed by atoms with E-state index in [2.05, 4.69) is 0 Å². The van der Waals surface area contributed by atoms with Crippen LogP contribution < -0.4 is 15.4 Å². The van der Waals surface area contributed by atoms with Gasteiger partial charge in [-0.2, -0.15) is 17.9 Å². The van der Waals surface area contributed by atoms with Crippen LogP contribution in [0.3, 0.4) is 0 Å². The lowest BCUT2D eigenvalue weighted by Crippen LogP contribution is -2.35. The van der Waals surface area contributed by atoms with Crippen molar-refractivity contribution in [2.24, 2.45) is 5.73 Å². The lowest BCUT2D eigenvalue weighted by molar-refractivity contribution is -0.603. The second-order valence-electron chi connectivity index (χ2n) is 5.70. The highest BCUT2D eigenvalue weighted by molar-refractivity contribution is 6.02. The van der Waals surface area contributed by atoms with Gasteiger partial charge in [0.15, 0.2) is 12.4 Å². The average molecular weight is 361 g/mol. The minimum Gasteiger partial charge on any atom is -0.619 e. The summed E-state index contributed by atoms with van der Waals surface area (Å²) < 4.78 is 38.6. The van der Waals surface area contributed by atoms with Crippen molar-refractivity contribution in [3.05, 3.63) is 77.3 Å². The zero-order valence-corrected chi connectivity index (χ0v) is 13.4. The molecule has 5 nitrogen and oxygen atoms in total. The Kier molecular flexibility index (Phi) is 4.41. The van der Waals surface area contributed by atoms with Gasteiger partial charge in [-0.15, -0.1) is 0 Å². The number of anilines is 1. The monoisotopic (exact) mass is 361 g/mol. The fourth-order valence-electron chi connectivity index (χ4n) is 2.69. The van der Waals surface area contributed by atoms with Crippen molar-refractivity contribution >= 4 is 22.5 Å². The Hall–Kier alpha value is -3.29. The molecule has 0 radical (unpaired) electrons. The molecule has 0 aliphatic carbocycles. The Morgan fingerprint density at radius 2 is 1.81 bits per heavy atom. The van der Waals surface area contributed by atoms with Crippen molar-refractivity contribution in [1.82, 2.24) is 0 Å². The number of carbonyl (C=O) groups is 1. The molecule has 2 amide bonds. The summed E-state index contributed by atoms with van der Waals surface area (Å²) in [5.74, 6) is 0. The number of nitrogens with zero attached hydrogens (tertiary/aromatic N) is 2. The number of aromatic nitrogens is 1. The summed E-state index contributed by atoms with van der Waals surface area (Å²) >= 11 is 0. The molecule has 0 spiro atoms. The van der Waals surface area contributed by atoms with Crippen molar-refractivity contribution in [2.75, 3.05) is 4.90 Å². The van der Waals surface area contributed by atoms with Crippen molar-refractivity contribution in [2.45, 2.75) is 12.7 Å². The normalized spacial score (nSPS) is 11.5. The van der Waals surface area contributed by atoms with Gasteiger partial charge in [0.05, 0.1) is 17.8 Å². The number of urea groups is 1. The molecule has 0 aliphatic rings. The molecule has 0 atom stereocenters. The molecule has 26 heavy (non-hydrogen) atoms. The SMILES string of the molecule is NC(=O)N(Cc1ccc(C(F)(F)F)cc1)c1cccc2c[n+]([O-])ccc12. The minimum atomic E-state index is -4.43. The number of benzene rings is 2. The predicted octanol–water partition coefficient (Wildman–Crippen LogP) is 3.58. The van der Waals surface area contributed by atoms with Crippen molar-refractivity contribution in [1.29, 1.82) is 0 Å². The Morgan fingerprint density at radius 1 is 1.12 bits per heavy atom. The van der Waals surface area contributed by atoms with Gasteiger partial charge in [0, 0.05) is 16.8 Å². The van der Waals surface area contributed by atoms with Gasteiger partial charge in [0.25, 0.3) is 0 Å². The highest BCUT2D eigenvalue weighted by atomic mass is 19.4. The maximum Gasteiger partial charge on any atom is 0.416 e. The standard InChI is InChI=1S/C18H14F3N3O2/c19-18(20,21)14-6-4-12(5-7-14)10-24(17(22)25)16-3-1-2-13-11-23(26)9-8-15(13)16/h1-9,11H,10H2,(H2,22,25). The van der Waals surface area contributed by atoms with E-state index >= 15 is 0 Å². The van der Waals surface area contributed by atoms with Crippen LogP contribution in [0.4, 0.5) is 23.7 Å². The highest BCUT2D eigenvalue weighted by Gasteiger charge is 2.30. The summed E-state index contributed by atoms with van der Waals surface area (Å²) in [7, 11) is 0.